The van der Waals surface area contributed by atoms with Crippen LogP contribution in [0.25, 0.3) is 0 Å². The lowest BCUT2D eigenvalue weighted by Crippen LogP contribution is -2.44. The van der Waals surface area contributed by atoms with E-state index in [9.17, 15) is 10.2 Å². The van der Waals surface area contributed by atoms with Crippen molar-refractivity contribution >= 4 is 0 Å². The van der Waals surface area contributed by atoms with E-state index in [2.05, 4.69) is 34.6 Å². The first kappa shape index (κ1) is 19.2. The molecule has 0 aromatic carbocycles. The average molecular weight is 325 g/mol. The maximum atomic E-state index is 11.1. The van der Waals surface area contributed by atoms with Crippen molar-refractivity contribution in [2.75, 3.05) is 0 Å². The SMILES string of the molecule is CCCC1(C)C(C)CC(O)C2(C)CCCC2CC(O)CC1CC. The highest BCUT2D eigenvalue weighted by Crippen LogP contribution is 2.54. The lowest BCUT2D eigenvalue weighted by atomic mass is 9.59. The number of hydrogen-bond donors (Lipinski definition) is 2. The van der Waals surface area contributed by atoms with Gasteiger partial charge in [-0.15, -0.1) is 0 Å². The summed E-state index contributed by atoms with van der Waals surface area (Å²) in [7, 11) is 0. The summed E-state index contributed by atoms with van der Waals surface area (Å²) in [4.78, 5) is 0. The second-order valence-corrected chi connectivity index (χ2v) is 9.23. The standard InChI is InChI=1S/C21H40O2/c1-6-10-20(4)15(3)12-19(23)21(5)11-8-9-17(21)14-18(22)13-16(20)7-2/h15-19,22-23H,6-14H2,1-5H3. The van der Waals surface area contributed by atoms with Gasteiger partial charge in [-0.3, -0.25) is 0 Å². The Morgan fingerprint density at radius 3 is 2.35 bits per heavy atom. The minimum Gasteiger partial charge on any atom is -0.393 e. The number of fused-ring (bicyclic) bond motifs is 1. The van der Waals surface area contributed by atoms with Gasteiger partial charge < -0.3 is 10.2 Å². The molecule has 0 amide bonds. The molecular weight excluding hydrogens is 284 g/mol. The predicted octanol–water partition coefficient (Wildman–Crippen LogP) is 5.17. The molecule has 0 heterocycles. The zero-order valence-electron chi connectivity index (χ0n) is 16.1. The molecule has 2 N–H and O–H groups in total. The van der Waals surface area contributed by atoms with Crippen LogP contribution in [0.3, 0.4) is 0 Å². The van der Waals surface area contributed by atoms with Crippen LogP contribution >= 0.6 is 0 Å². The van der Waals surface area contributed by atoms with Crippen LogP contribution in [0.5, 0.6) is 0 Å². The summed E-state index contributed by atoms with van der Waals surface area (Å²) in [5, 5.41) is 21.9. The topological polar surface area (TPSA) is 40.5 Å². The van der Waals surface area contributed by atoms with Gasteiger partial charge in [0.15, 0.2) is 0 Å². The number of rotatable bonds is 3. The number of hydrogen-bond acceptors (Lipinski definition) is 2. The van der Waals surface area contributed by atoms with E-state index in [4.69, 9.17) is 0 Å². The highest BCUT2D eigenvalue weighted by molar-refractivity contribution is 4.99. The van der Waals surface area contributed by atoms with Gasteiger partial charge in [-0.1, -0.05) is 53.9 Å². The lowest BCUT2D eigenvalue weighted by molar-refractivity contribution is -0.0631. The van der Waals surface area contributed by atoms with Crippen molar-refractivity contribution in [1.82, 2.24) is 0 Å². The first-order valence-corrected chi connectivity index (χ1v) is 10.1. The van der Waals surface area contributed by atoms with Crippen molar-refractivity contribution in [3.05, 3.63) is 0 Å². The molecule has 0 aromatic heterocycles. The van der Waals surface area contributed by atoms with Gasteiger partial charge in [0.05, 0.1) is 12.2 Å². The summed E-state index contributed by atoms with van der Waals surface area (Å²) in [5.41, 5.74) is 0.245. The van der Waals surface area contributed by atoms with E-state index in [-0.39, 0.29) is 23.0 Å². The van der Waals surface area contributed by atoms with Crippen molar-refractivity contribution in [3.8, 4) is 0 Å². The van der Waals surface area contributed by atoms with Gasteiger partial charge in [0.2, 0.25) is 0 Å². The van der Waals surface area contributed by atoms with Crippen molar-refractivity contribution in [1.29, 1.82) is 0 Å². The molecular formula is C21H40O2. The van der Waals surface area contributed by atoms with Crippen molar-refractivity contribution in [2.24, 2.45) is 28.6 Å². The molecule has 0 aromatic rings. The van der Waals surface area contributed by atoms with Gasteiger partial charge in [0.25, 0.3) is 0 Å². The largest absolute Gasteiger partial charge is 0.393 e. The van der Waals surface area contributed by atoms with Crippen LogP contribution in [0.4, 0.5) is 0 Å². The Hall–Kier alpha value is -0.0800. The zero-order chi connectivity index (χ0) is 17.3. The van der Waals surface area contributed by atoms with Crippen LogP contribution in [-0.4, -0.2) is 22.4 Å². The van der Waals surface area contributed by atoms with Gasteiger partial charge in [-0.25, -0.2) is 0 Å². The molecule has 0 spiro atoms. The molecule has 2 heteroatoms. The molecule has 7 atom stereocenters. The summed E-state index contributed by atoms with van der Waals surface area (Å²) < 4.78 is 0. The van der Waals surface area contributed by atoms with E-state index in [0.29, 0.717) is 17.8 Å². The van der Waals surface area contributed by atoms with Gasteiger partial charge >= 0.3 is 0 Å². The van der Waals surface area contributed by atoms with E-state index in [1.165, 1.54) is 25.7 Å². The van der Waals surface area contributed by atoms with Gasteiger partial charge in [0, 0.05) is 0 Å². The van der Waals surface area contributed by atoms with Crippen molar-refractivity contribution < 1.29 is 10.2 Å². The molecule has 136 valence electrons. The van der Waals surface area contributed by atoms with Crippen LogP contribution in [0.15, 0.2) is 0 Å². The molecule has 2 aliphatic rings. The Kier molecular flexibility index (Phi) is 6.22. The number of aliphatic hydroxyl groups excluding tert-OH is 2. The number of aliphatic hydroxyl groups is 2. The van der Waals surface area contributed by atoms with E-state index in [1.54, 1.807) is 0 Å². The first-order chi connectivity index (χ1) is 10.8. The zero-order valence-corrected chi connectivity index (χ0v) is 16.1. The second kappa shape index (κ2) is 7.44. The Labute approximate surface area is 144 Å². The van der Waals surface area contributed by atoms with E-state index < -0.39 is 0 Å². The molecule has 2 nitrogen and oxygen atoms in total. The Morgan fingerprint density at radius 2 is 1.74 bits per heavy atom. The lowest BCUT2D eigenvalue weighted by Gasteiger charge is -2.48. The van der Waals surface area contributed by atoms with Gasteiger partial charge in [-0.2, -0.15) is 0 Å². The predicted molar refractivity (Wildman–Crippen MR) is 97.3 cm³/mol. The Balaban J connectivity index is 2.32. The summed E-state index contributed by atoms with van der Waals surface area (Å²) in [6.07, 6.45) is 9.38. The highest BCUT2D eigenvalue weighted by atomic mass is 16.3. The maximum Gasteiger partial charge on any atom is 0.0599 e. The van der Waals surface area contributed by atoms with E-state index in [0.717, 1.165) is 32.1 Å². The fourth-order valence-corrected chi connectivity index (χ4v) is 6.01. The molecule has 0 aliphatic heterocycles. The van der Waals surface area contributed by atoms with Crippen LogP contribution in [-0.2, 0) is 0 Å². The highest BCUT2D eigenvalue weighted by Gasteiger charge is 2.48. The van der Waals surface area contributed by atoms with Crippen LogP contribution in [0.2, 0.25) is 0 Å². The molecule has 7 unspecified atom stereocenters. The molecule has 2 rings (SSSR count). The Bertz CT molecular complexity index is 382. The molecule has 2 fully saturated rings. The third-order valence-electron chi connectivity index (χ3n) is 7.99. The maximum absolute atomic E-state index is 11.1. The molecule has 23 heavy (non-hydrogen) atoms. The third kappa shape index (κ3) is 3.63. The summed E-state index contributed by atoms with van der Waals surface area (Å²) in [6, 6.07) is 0. The fraction of sp³-hybridized carbons (Fsp3) is 1.00. The van der Waals surface area contributed by atoms with Crippen LogP contribution < -0.4 is 0 Å². The average Bonchev–Trinajstić information content (AvgIpc) is 2.86. The summed E-state index contributed by atoms with van der Waals surface area (Å²) in [5.74, 6) is 1.56. The normalized spacial score (nSPS) is 48.9. The van der Waals surface area contributed by atoms with Crippen molar-refractivity contribution in [3.63, 3.8) is 0 Å². The van der Waals surface area contributed by atoms with E-state index >= 15 is 0 Å². The quantitative estimate of drug-likeness (QED) is 0.752. The van der Waals surface area contributed by atoms with Crippen LogP contribution in [0, 0.1) is 28.6 Å². The smallest absolute Gasteiger partial charge is 0.0599 e. The van der Waals surface area contributed by atoms with E-state index in [1.807, 2.05) is 0 Å². The molecule has 0 saturated heterocycles. The minimum atomic E-state index is -0.219. The summed E-state index contributed by atoms with van der Waals surface area (Å²) >= 11 is 0. The minimum absolute atomic E-state index is 0.0153. The first-order valence-electron chi connectivity index (χ1n) is 10.1. The van der Waals surface area contributed by atoms with Gasteiger partial charge in [0.1, 0.15) is 0 Å². The third-order valence-corrected chi connectivity index (χ3v) is 7.99. The summed E-state index contributed by atoms with van der Waals surface area (Å²) in [6.45, 7) is 11.6. The monoisotopic (exact) mass is 324 g/mol. The molecule has 2 saturated carbocycles. The second-order valence-electron chi connectivity index (χ2n) is 9.23. The molecule has 2 aliphatic carbocycles. The Morgan fingerprint density at radius 1 is 1.04 bits per heavy atom. The van der Waals surface area contributed by atoms with Crippen molar-refractivity contribution in [2.45, 2.75) is 105 Å². The molecule has 0 bridgehead atoms. The van der Waals surface area contributed by atoms with Gasteiger partial charge in [-0.05, 0) is 67.1 Å². The fourth-order valence-electron chi connectivity index (χ4n) is 6.01. The molecule has 0 radical (unpaired) electrons. The van der Waals surface area contributed by atoms with Crippen LogP contribution in [0.1, 0.15) is 92.4 Å².